The summed E-state index contributed by atoms with van der Waals surface area (Å²) in [4.78, 5) is 85.4. The number of aliphatic hydroxyl groups is 3. The normalized spacial score (nSPS) is 25.8. The number of carbonyl (C=O) groups excluding carboxylic acids is 5. The van der Waals surface area contributed by atoms with Gasteiger partial charge in [-0.15, -0.1) is 0 Å². The van der Waals surface area contributed by atoms with E-state index in [1.165, 1.54) is 21.7 Å². The second kappa shape index (κ2) is 19.8. The van der Waals surface area contributed by atoms with Gasteiger partial charge in [0.15, 0.2) is 11.4 Å². The molecule has 17 nitrogen and oxygen atoms in total. The average molecular weight is 1030 g/mol. The minimum atomic E-state index is -2.74. The van der Waals surface area contributed by atoms with Crippen molar-refractivity contribution in [3.8, 4) is 5.75 Å². The van der Waals surface area contributed by atoms with Crippen molar-refractivity contribution < 1.29 is 57.5 Å². The fraction of sp³-hybridized carbons (Fsp3) is 0.547. The van der Waals surface area contributed by atoms with Crippen molar-refractivity contribution in [2.24, 2.45) is 28.7 Å². The first-order valence-electron chi connectivity index (χ1n) is 25.2. The summed E-state index contributed by atoms with van der Waals surface area (Å²) in [7, 11) is 6.70. The number of unbranched alkanes of at least 4 members (excludes halogenated alkanes) is 7. The number of esters is 2. The Kier molecular flexibility index (Phi) is 14.1. The van der Waals surface area contributed by atoms with Crippen LogP contribution in [0, 0.1) is 23.1 Å². The summed E-state index contributed by atoms with van der Waals surface area (Å²) in [6, 6.07) is 2.37. The van der Waals surface area contributed by atoms with E-state index in [2.05, 4.69) is 0 Å². The van der Waals surface area contributed by atoms with Crippen LogP contribution in [0.2, 0.25) is 5.02 Å². The number of likely N-dealkylation sites (N-methyl/N-ethyl adjacent to an activating group) is 1. The van der Waals surface area contributed by atoms with Gasteiger partial charge < -0.3 is 50.6 Å². The van der Waals surface area contributed by atoms with Gasteiger partial charge in [-0.25, -0.2) is 13.6 Å². The largest absolute Gasteiger partial charge is 0.508 e. The lowest BCUT2D eigenvalue weighted by Crippen LogP contribution is -2.65. The molecule has 7 N–H and O–H groups in total. The maximum Gasteiger partial charge on any atom is 0.343 e. The lowest BCUT2D eigenvalue weighted by atomic mass is 9.57. The Morgan fingerprint density at radius 2 is 1.63 bits per heavy atom. The zero-order valence-corrected chi connectivity index (χ0v) is 42.2. The van der Waals surface area contributed by atoms with Gasteiger partial charge >= 0.3 is 11.9 Å². The first-order valence-corrected chi connectivity index (χ1v) is 25.6. The molecule has 20 heteroatoms. The quantitative estimate of drug-likeness (QED) is 0.0430. The number of benzene rings is 2. The highest BCUT2D eigenvalue weighted by molar-refractivity contribution is 6.38. The number of primary amides is 1. The number of carbonyl (C=O) groups is 5. The Labute approximate surface area is 425 Å². The number of halogens is 3. The van der Waals surface area contributed by atoms with Gasteiger partial charge in [0, 0.05) is 74.9 Å². The van der Waals surface area contributed by atoms with Crippen molar-refractivity contribution in [3.63, 3.8) is 0 Å². The maximum atomic E-state index is 15.8. The third-order valence-corrected chi connectivity index (χ3v) is 16.5. The predicted octanol–water partition coefficient (Wildman–Crippen LogP) is 5.92. The van der Waals surface area contributed by atoms with E-state index in [9.17, 15) is 48.5 Å². The summed E-state index contributed by atoms with van der Waals surface area (Å²) < 4.78 is 43.1. The molecule has 9 rings (SSSR count). The molecule has 5 aliphatic carbocycles. The molecule has 1 aromatic heterocycles. The molecule has 6 aliphatic rings. The first-order chi connectivity index (χ1) is 34.6. The van der Waals surface area contributed by atoms with Crippen LogP contribution in [-0.2, 0) is 30.3 Å². The lowest BCUT2D eigenvalue weighted by Gasteiger charge is -2.50. The van der Waals surface area contributed by atoms with Gasteiger partial charge in [-0.3, -0.25) is 28.9 Å². The number of aliphatic hydroxyl groups excluding tert-OH is 2. The molecule has 3 saturated carbocycles. The summed E-state index contributed by atoms with van der Waals surface area (Å²) in [5, 5.41) is 35.0. The van der Waals surface area contributed by atoms with E-state index in [0.29, 0.717) is 37.2 Å². The standard InChI is InChI=1S/C53H63ClF2N6O11/c1-59(2)33-14-15-35(39-27(33)19-26-20-30-43(60(3)4)47(66)40(50(58)69)49(68)53(30,71)48(67)38(26)46(39)65)73-37(63)13-11-9-7-5-6-8-10-12-18-72-51(70)29-23-62(34-22-31(34)55)42-28(45(29)64)21-32(56)44(41(42)54)61-24-36(57)52(25-61)16-17-52/h14-15,21,23,26,30-31,34,36,43,65,68,71H,5-13,16-20,22,24-25,57H2,1-4H3,(H2,58,69)/t26-,30-,31+,34?,36-,43-,53-/m1/s1. The maximum absolute atomic E-state index is 15.8. The minimum Gasteiger partial charge on any atom is -0.508 e. The van der Waals surface area contributed by atoms with Crippen LogP contribution < -0.4 is 31.4 Å². The van der Waals surface area contributed by atoms with Crippen LogP contribution in [0.4, 0.5) is 20.2 Å². The van der Waals surface area contributed by atoms with Crippen LogP contribution in [0.5, 0.6) is 5.75 Å². The van der Waals surface area contributed by atoms with E-state index < -0.39 is 93.4 Å². The van der Waals surface area contributed by atoms with Gasteiger partial charge in [-0.1, -0.05) is 50.1 Å². The van der Waals surface area contributed by atoms with Crippen LogP contribution in [0.3, 0.4) is 0 Å². The molecular weight excluding hydrogens is 970 g/mol. The van der Waals surface area contributed by atoms with Crippen LogP contribution in [-0.4, -0.2) is 126 Å². The number of fused-ring (bicyclic) bond motifs is 4. The van der Waals surface area contributed by atoms with Crippen LogP contribution in [0.25, 0.3) is 16.7 Å². The van der Waals surface area contributed by atoms with Gasteiger partial charge in [0.25, 0.3) is 5.91 Å². The summed E-state index contributed by atoms with van der Waals surface area (Å²) >= 11 is 6.85. The van der Waals surface area contributed by atoms with E-state index in [-0.39, 0.29) is 87.8 Å². The lowest BCUT2D eigenvalue weighted by molar-refractivity contribution is -0.153. The number of ketones is 2. The van der Waals surface area contributed by atoms with E-state index in [1.54, 1.807) is 39.2 Å². The molecule has 4 fully saturated rings. The van der Waals surface area contributed by atoms with Crippen LogP contribution in [0.1, 0.15) is 111 Å². The van der Waals surface area contributed by atoms with Gasteiger partial charge in [0.2, 0.25) is 11.2 Å². The topological polar surface area (TPSA) is 248 Å². The molecule has 392 valence electrons. The van der Waals surface area contributed by atoms with Gasteiger partial charge in [-0.2, -0.15) is 0 Å². The monoisotopic (exact) mass is 1030 g/mol. The predicted molar refractivity (Wildman–Crippen MR) is 268 cm³/mol. The number of nitrogens with two attached hydrogens (primary N) is 2. The summed E-state index contributed by atoms with van der Waals surface area (Å²) in [5.41, 5.74) is 8.56. The number of hydrogen-bond acceptors (Lipinski definition) is 15. The number of hydrogen-bond donors (Lipinski definition) is 5. The third-order valence-electron chi connectivity index (χ3n) is 16.1. The van der Waals surface area contributed by atoms with Gasteiger partial charge in [-0.05, 0) is 82.3 Å². The molecular formula is C53H63ClF2N6O11. The SMILES string of the molecule is CN(C)c1ccc(OC(=O)CCCCCCCCCCOC(=O)c2cn(C3C[C@@H]3F)c3c(Cl)c(N4C[C@@H](N)C5(CC5)C4)c(F)cc3c2=O)c2c1C[C@@H]1C[C@@H]3[C@@H](N(C)C)C(=O)C(C(N)=O)=C(O)[C@]3(O)C(=O)C1=C2O. The molecule has 1 saturated heterocycles. The Balaban J connectivity index is 0.756. The molecule has 3 aromatic rings. The zero-order chi connectivity index (χ0) is 52.6. The zero-order valence-electron chi connectivity index (χ0n) is 41.5. The fourth-order valence-electron chi connectivity index (χ4n) is 12.0. The number of aromatic nitrogens is 1. The minimum absolute atomic E-state index is 0.00868. The number of alkyl halides is 1. The summed E-state index contributed by atoms with van der Waals surface area (Å²) in [6.07, 6.45) is 8.34. The molecule has 0 radical (unpaired) electrons. The smallest absolute Gasteiger partial charge is 0.343 e. The number of rotatable bonds is 18. The van der Waals surface area contributed by atoms with E-state index in [1.807, 2.05) is 4.90 Å². The first kappa shape index (κ1) is 52.0. The Morgan fingerprint density at radius 1 is 0.973 bits per heavy atom. The molecule has 1 aliphatic heterocycles. The van der Waals surface area contributed by atoms with Crippen molar-refractivity contribution in [1.29, 1.82) is 0 Å². The second-order valence-corrected chi connectivity index (χ2v) is 21.7. The van der Waals surface area contributed by atoms with Gasteiger partial charge in [0.05, 0.1) is 45.9 Å². The molecule has 2 heterocycles. The number of pyridine rings is 1. The van der Waals surface area contributed by atoms with E-state index >= 15 is 4.39 Å². The van der Waals surface area contributed by atoms with Crippen molar-refractivity contribution in [2.45, 2.75) is 120 Å². The number of amides is 1. The average Bonchev–Trinajstić information content (AvgIpc) is 4.24. The Hall–Kier alpha value is -5.89. The number of nitrogens with zero attached hydrogens (tertiary/aromatic N) is 4. The van der Waals surface area contributed by atoms with Crippen molar-refractivity contribution in [1.82, 2.24) is 9.47 Å². The Morgan fingerprint density at radius 3 is 2.23 bits per heavy atom. The molecule has 1 unspecified atom stereocenters. The summed E-state index contributed by atoms with van der Waals surface area (Å²) in [6.45, 7) is 0.990. The summed E-state index contributed by atoms with van der Waals surface area (Å²) in [5.74, 6) is -8.89. The molecule has 0 bridgehead atoms. The van der Waals surface area contributed by atoms with Crippen molar-refractivity contribution in [2.75, 3.05) is 57.7 Å². The molecule has 7 atom stereocenters. The molecule has 73 heavy (non-hydrogen) atoms. The fourth-order valence-corrected chi connectivity index (χ4v) is 12.4. The van der Waals surface area contributed by atoms with Crippen LogP contribution in [0.15, 0.2) is 46.1 Å². The van der Waals surface area contributed by atoms with Crippen molar-refractivity contribution in [3.05, 3.63) is 79.1 Å². The Bertz CT molecular complexity index is 2950. The third kappa shape index (κ3) is 9.07. The van der Waals surface area contributed by atoms with Crippen LogP contribution >= 0.6 is 11.6 Å². The number of ether oxygens (including phenoxy) is 2. The molecule has 2 aromatic carbocycles. The second-order valence-electron chi connectivity index (χ2n) is 21.3. The molecule has 1 spiro atoms. The number of Topliss-reactive ketones (excluding diaryl/α,β-unsaturated/α-hetero) is 2. The number of anilines is 2. The highest BCUT2D eigenvalue weighted by Crippen LogP contribution is 2.56. The van der Waals surface area contributed by atoms with Gasteiger partial charge in [0.1, 0.15) is 40.4 Å². The van der Waals surface area contributed by atoms with E-state index in [4.69, 9.17) is 32.5 Å². The highest BCUT2D eigenvalue weighted by Gasteiger charge is 2.64. The van der Waals surface area contributed by atoms with E-state index in [0.717, 1.165) is 57.4 Å². The molecule has 1 amide bonds. The van der Waals surface area contributed by atoms with Crippen molar-refractivity contribution >= 4 is 69.1 Å². The highest BCUT2D eigenvalue weighted by atomic mass is 35.5.